The van der Waals surface area contributed by atoms with Crippen LogP contribution in [0.1, 0.15) is 18.7 Å². The summed E-state index contributed by atoms with van der Waals surface area (Å²) >= 11 is 6.14. The highest BCUT2D eigenvalue weighted by atomic mass is 35.5. The Hall–Kier alpha value is -3.10. The second-order valence-corrected chi connectivity index (χ2v) is 8.04. The molecule has 32 heavy (non-hydrogen) atoms. The minimum Gasteiger partial charge on any atom is -0.497 e. The van der Waals surface area contributed by atoms with E-state index in [-0.39, 0.29) is 11.8 Å². The fourth-order valence-corrected chi connectivity index (χ4v) is 3.97. The lowest BCUT2D eigenvalue weighted by Gasteiger charge is -2.30. The molecule has 0 aliphatic carbocycles. The molecule has 2 aromatic carbocycles. The third kappa shape index (κ3) is 5.20. The molecule has 0 saturated carbocycles. The van der Waals surface area contributed by atoms with E-state index in [9.17, 15) is 4.79 Å². The summed E-state index contributed by atoms with van der Waals surface area (Å²) in [6.07, 6.45) is 1.52. The van der Waals surface area contributed by atoms with Crippen LogP contribution in [0.15, 0.2) is 47.0 Å². The van der Waals surface area contributed by atoms with E-state index in [0.29, 0.717) is 34.7 Å². The summed E-state index contributed by atoms with van der Waals surface area (Å²) in [7, 11) is 3.18. The maximum absolute atomic E-state index is 12.7. The molecule has 1 amide bonds. The number of halogens is 1. The number of hydrogen-bond acceptors (Lipinski definition) is 7. The van der Waals surface area contributed by atoms with Gasteiger partial charge in [0.25, 0.3) is 0 Å². The third-order valence-corrected chi connectivity index (χ3v) is 5.85. The number of nitrogens with one attached hydrogen (secondary N) is 1. The van der Waals surface area contributed by atoms with Gasteiger partial charge < -0.3 is 19.3 Å². The summed E-state index contributed by atoms with van der Waals surface area (Å²) in [6, 6.07) is 12.7. The summed E-state index contributed by atoms with van der Waals surface area (Å²) in [5.41, 5.74) is 1.54. The number of anilines is 1. The Morgan fingerprint density at radius 1 is 1.16 bits per heavy atom. The highest BCUT2D eigenvalue weighted by Gasteiger charge is 2.26. The minimum absolute atomic E-state index is 0.00506. The smallest absolute Gasteiger partial charge is 0.241 e. The van der Waals surface area contributed by atoms with Gasteiger partial charge in [-0.25, -0.2) is 0 Å². The molecule has 9 heteroatoms. The lowest BCUT2D eigenvalue weighted by molar-refractivity contribution is -0.121. The Balaban J connectivity index is 1.28. The van der Waals surface area contributed by atoms with Crippen LogP contribution in [0, 0.1) is 5.92 Å². The van der Waals surface area contributed by atoms with E-state index >= 15 is 0 Å². The van der Waals surface area contributed by atoms with Gasteiger partial charge in [0, 0.05) is 17.2 Å². The average molecular weight is 457 g/mol. The number of benzene rings is 2. The zero-order chi connectivity index (χ0) is 22.5. The lowest BCUT2D eigenvalue weighted by Crippen LogP contribution is -2.37. The van der Waals surface area contributed by atoms with Gasteiger partial charge in [-0.05, 0) is 68.4 Å². The molecule has 1 aromatic heterocycles. The van der Waals surface area contributed by atoms with E-state index in [1.165, 1.54) is 0 Å². The molecule has 168 valence electrons. The number of aromatic nitrogens is 2. The first-order chi connectivity index (χ1) is 15.6. The van der Waals surface area contributed by atoms with Gasteiger partial charge in [-0.3, -0.25) is 9.69 Å². The van der Waals surface area contributed by atoms with E-state index in [2.05, 4.69) is 20.4 Å². The van der Waals surface area contributed by atoms with E-state index in [4.69, 9.17) is 25.6 Å². The van der Waals surface area contributed by atoms with Crippen molar-refractivity contribution in [2.24, 2.45) is 5.92 Å². The SMILES string of the molecule is COc1ccc(-c2noc(CN3CCC(C(=O)Nc4ccc(OC)c(Cl)c4)CC3)n2)cc1. The first-order valence-corrected chi connectivity index (χ1v) is 10.8. The van der Waals surface area contributed by atoms with Crippen molar-refractivity contribution in [3.8, 4) is 22.9 Å². The van der Waals surface area contributed by atoms with Gasteiger partial charge in [-0.2, -0.15) is 4.98 Å². The maximum atomic E-state index is 12.7. The predicted octanol–water partition coefficient (Wildman–Crippen LogP) is 4.26. The van der Waals surface area contributed by atoms with Crippen molar-refractivity contribution in [1.29, 1.82) is 0 Å². The molecule has 3 aromatic rings. The van der Waals surface area contributed by atoms with Crippen molar-refractivity contribution in [2.45, 2.75) is 19.4 Å². The number of ether oxygens (including phenoxy) is 2. The third-order valence-electron chi connectivity index (χ3n) is 5.55. The Bertz CT molecular complexity index is 1060. The molecule has 2 heterocycles. The predicted molar refractivity (Wildman–Crippen MR) is 121 cm³/mol. The van der Waals surface area contributed by atoms with Crippen LogP contribution in [-0.2, 0) is 11.3 Å². The maximum Gasteiger partial charge on any atom is 0.241 e. The largest absolute Gasteiger partial charge is 0.497 e. The van der Waals surface area contributed by atoms with Crippen LogP contribution >= 0.6 is 11.6 Å². The van der Waals surface area contributed by atoms with Crippen LogP contribution in [0.2, 0.25) is 5.02 Å². The van der Waals surface area contributed by atoms with Crippen molar-refractivity contribution in [2.75, 3.05) is 32.6 Å². The molecule has 0 spiro atoms. The summed E-state index contributed by atoms with van der Waals surface area (Å²) < 4.78 is 15.7. The van der Waals surface area contributed by atoms with E-state index in [0.717, 1.165) is 37.2 Å². The van der Waals surface area contributed by atoms with Crippen LogP contribution in [-0.4, -0.2) is 48.3 Å². The fraction of sp³-hybridized carbons (Fsp3) is 0.348. The second-order valence-electron chi connectivity index (χ2n) is 7.63. The lowest BCUT2D eigenvalue weighted by atomic mass is 9.96. The van der Waals surface area contributed by atoms with Crippen molar-refractivity contribution in [1.82, 2.24) is 15.0 Å². The number of nitrogens with zero attached hydrogens (tertiary/aromatic N) is 3. The van der Waals surface area contributed by atoms with Crippen molar-refractivity contribution < 1.29 is 18.8 Å². The van der Waals surface area contributed by atoms with Crippen molar-refractivity contribution in [3.05, 3.63) is 53.4 Å². The molecule has 0 radical (unpaired) electrons. The fourth-order valence-electron chi connectivity index (χ4n) is 3.71. The van der Waals surface area contributed by atoms with Crippen LogP contribution in [0.4, 0.5) is 5.69 Å². The number of hydrogen-bond donors (Lipinski definition) is 1. The van der Waals surface area contributed by atoms with Gasteiger partial charge in [-0.15, -0.1) is 0 Å². The minimum atomic E-state index is -0.0512. The van der Waals surface area contributed by atoms with Crippen LogP contribution < -0.4 is 14.8 Å². The number of carbonyl (C=O) groups is 1. The van der Waals surface area contributed by atoms with E-state index in [1.807, 2.05) is 24.3 Å². The van der Waals surface area contributed by atoms with Gasteiger partial charge in [0.2, 0.25) is 17.6 Å². The molecule has 1 aliphatic heterocycles. The standard InChI is InChI=1S/C23H25ClN4O4/c1-30-18-6-3-15(4-7-18)22-26-21(32-27-22)14-28-11-9-16(10-12-28)23(29)25-17-5-8-20(31-2)19(24)13-17/h3-8,13,16H,9-12,14H2,1-2H3,(H,25,29). The average Bonchev–Trinajstić information content (AvgIpc) is 3.28. The van der Waals surface area contributed by atoms with E-state index in [1.54, 1.807) is 32.4 Å². The number of amides is 1. The van der Waals surface area contributed by atoms with E-state index < -0.39 is 0 Å². The molecule has 1 aliphatic rings. The molecule has 4 rings (SSSR count). The highest BCUT2D eigenvalue weighted by molar-refractivity contribution is 6.32. The first-order valence-electron chi connectivity index (χ1n) is 10.4. The Kier molecular flexibility index (Phi) is 6.92. The topological polar surface area (TPSA) is 89.7 Å². The summed E-state index contributed by atoms with van der Waals surface area (Å²) in [5, 5.41) is 7.50. The van der Waals surface area contributed by atoms with Crippen LogP contribution in [0.5, 0.6) is 11.5 Å². The van der Waals surface area contributed by atoms with Crippen molar-refractivity contribution in [3.63, 3.8) is 0 Å². The number of methoxy groups -OCH3 is 2. The number of carbonyl (C=O) groups excluding carboxylic acids is 1. The summed E-state index contributed by atoms with van der Waals surface area (Å²) in [5.74, 6) is 2.42. The Morgan fingerprint density at radius 3 is 2.56 bits per heavy atom. The molecule has 1 N–H and O–H groups in total. The zero-order valence-electron chi connectivity index (χ0n) is 18.0. The Morgan fingerprint density at radius 2 is 1.91 bits per heavy atom. The monoisotopic (exact) mass is 456 g/mol. The van der Waals surface area contributed by atoms with Crippen LogP contribution in [0.25, 0.3) is 11.4 Å². The number of likely N-dealkylation sites (tertiary alicyclic amines) is 1. The summed E-state index contributed by atoms with van der Waals surface area (Å²) in [6.45, 7) is 2.12. The van der Waals surface area contributed by atoms with Crippen LogP contribution in [0.3, 0.4) is 0 Å². The number of piperidine rings is 1. The molecule has 0 unspecified atom stereocenters. The molecule has 1 saturated heterocycles. The quantitative estimate of drug-likeness (QED) is 0.568. The Labute approximate surface area is 191 Å². The van der Waals surface area contributed by atoms with Gasteiger partial charge in [0.15, 0.2) is 0 Å². The van der Waals surface area contributed by atoms with Gasteiger partial charge in [0.1, 0.15) is 11.5 Å². The molecule has 0 atom stereocenters. The molecule has 0 bridgehead atoms. The summed E-state index contributed by atoms with van der Waals surface area (Å²) in [4.78, 5) is 19.4. The first kappa shape index (κ1) is 22.1. The van der Waals surface area contributed by atoms with Crippen molar-refractivity contribution >= 4 is 23.2 Å². The van der Waals surface area contributed by atoms with Gasteiger partial charge in [-0.1, -0.05) is 16.8 Å². The molecular weight excluding hydrogens is 432 g/mol. The zero-order valence-corrected chi connectivity index (χ0v) is 18.8. The molecular formula is C23H25ClN4O4. The second kappa shape index (κ2) is 10.0. The molecule has 8 nitrogen and oxygen atoms in total. The molecule has 1 fully saturated rings. The normalized spacial score (nSPS) is 14.8. The number of rotatable bonds is 7. The van der Waals surface area contributed by atoms with Gasteiger partial charge in [0.05, 0.1) is 25.8 Å². The highest BCUT2D eigenvalue weighted by Crippen LogP contribution is 2.28. The van der Waals surface area contributed by atoms with Gasteiger partial charge >= 0.3 is 0 Å².